The Morgan fingerprint density at radius 3 is 2.68 bits per heavy atom. The van der Waals surface area contributed by atoms with E-state index in [0.717, 1.165) is 45.7 Å². The van der Waals surface area contributed by atoms with Crippen LogP contribution in [-0.2, 0) is 0 Å². The van der Waals surface area contributed by atoms with Gasteiger partial charge in [0.2, 0.25) is 0 Å². The summed E-state index contributed by atoms with van der Waals surface area (Å²) in [4.78, 5) is 15.8. The smallest absolute Gasteiger partial charge is 0.317 e. The van der Waals surface area contributed by atoms with Gasteiger partial charge in [0.25, 0.3) is 0 Å². The summed E-state index contributed by atoms with van der Waals surface area (Å²) in [6, 6.07) is 8.47. The van der Waals surface area contributed by atoms with Gasteiger partial charge in [0.05, 0.1) is 11.4 Å². The van der Waals surface area contributed by atoms with Gasteiger partial charge in [0.1, 0.15) is 0 Å². The molecule has 2 amide bonds. The van der Waals surface area contributed by atoms with Crippen molar-refractivity contribution < 1.29 is 4.79 Å². The van der Waals surface area contributed by atoms with Crippen LogP contribution in [0.15, 0.2) is 24.3 Å². The molecule has 0 bridgehead atoms. The summed E-state index contributed by atoms with van der Waals surface area (Å²) in [7, 11) is 0. The largest absolute Gasteiger partial charge is 0.383 e. The highest BCUT2D eigenvalue weighted by molar-refractivity contribution is 5.76. The zero-order chi connectivity index (χ0) is 13.1. The van der Waals surface area contributed by atoms with E-state index < -0.39 is 0 Å². The van der Waals surface area contributed by atoms with Gasteiger partial charge in [-0.2, -0.15) is 0 Å². The van der Waals surface area contributed by atoms with Crippen molar-refractivity contribution >= 4 is 17.4 Å². The molecule has 0 atom stereocenters. The van der Waals surface area contributed by atoms with Crippen molar-refractivity contribution in [3.63, 3.8) is 0 Å². The molecule has 0 unspecified atom stereocenters. The minimum absolute atomic E-state index is 0.0706. The fourth-order valence-corrected chi connectivity index (χ4v) is 2.71. The third-order valence-electron chi connectivity index (χ3n) is 3.75. The number of carbonyl (C=O) groups excluding carboxylic acids is 1. The lowest BCUT2D eigenvalue weighted by atomic mass is 10.2. The number of benzene rings is 1. The van der Waals surface area contributed by atoms with Crippen LogP contribution in [0.1, 0.15) is 6.42 Å². The molecule has 0 aromatic heterocycles. The number of nitrogens with one attached hydrogen (secondary N) is 2. The Kier molecular flexibility index (Phi) is 3.44. The van der Waals surface area contributed by atoms with Crippen molar-refractivity contribution in [1.29, 1.82) is 0 Å². The number of carbonyl (C=O) groups is 1. The molecule has 2 heterocycles. The highest BCUT2D eigenvalue weighted by Gasteiger charge is 2.21. The molecule has 0 saturated carbocycles. The van der Waals surface area contributed by atoms with E-state index in [1.165, 1.54) is 11.4 Å². The van der Waals surface area contributed by atoms with Crippen LogP contribution in [0, 0.1) is 0 Å². The Morgan fingerprint density at radius 1 is 1.00 bits per heavy atom. The summed E-state index contributed by atoms with van der Waals surface area (Å²) in [5, 5.41) is 6.30. The normalized spacial score (nSPS) is 18.6. The molecule has 0 spiro atoms. The average molecular weight is 260 g/mol. The van der Waals surface area contributed by atoms with Gasteiger partial charge >= 0.3 is 6.03 Å². The molecule has 2 aliphatic rings. The average Bonchev–Trinajstić information content (AvgIpc) is 2.73. The summed E-state index contributed by atoms with van der Waals surface area (Å²) in [6.07, 6.45) is 1.13. The molecule has 1 saturated heterocycles. The van der Waals surface area contributed by atoms with Gasteiger partial charge < -0.3 is 20.4 Å². The predicted molar refractivity (Wildman–Crippen MR) is 76.7 cm³/mol. The number of hydrogen-bond acceptors (Lipinski definition) is 3. The van der Waals surface area contributed by atoms with Crippen LogP contribution < -0.4 is 15.5 Å². The van der Waals surface area contributed by atoms with Crippen LogP contribution in [0.4, 0.5) is 16.2 Å². The van der Waals surface area contributed by atoms with E-state index in [1.807, 2.05) is 4.90 Å². The zero-order valence-corrected chi connectivity index (χ0v) is 11.1. The lowest BCUT2D eigenvalue weighted by molar-refractivity contribution is 0.218. The van der Waals surface area contributed by atoms with Crippen LogP contribution in [0.3, 0.4) is 0 Å². The molecule has 2 N–H and O–H groups in total. The molecule has 1 aromatic rings. The number of para-hydroxylation sites is 2. The van der Waals surface area contributed by atoms with Crippen molar-refractivity contribution in [3.8, 4) is 0 Å². The van der Waals surface area contributed by atoms with Crippen LogP contribution in [0.25, 0.3) is 0 Å². The molecule has 3 rings (SSSR count). The van der Waals surface area contributed by atoms with E-state index >= 15 is 0 Å². The number of hydrogen-bond donors (Lipinski definition) is 2. The Balaban J connectivity index is 1.68. The van der Waals surface area contributed by atoms with Crippen molar-refractivity contribution in [2.75, 3.05) is 49.5 Å². The Bertz CT molecular complexity index is 463. The molecular formula is C14H20N4O. The van der Waals surface area contributed by atoms with E-state index in [1.54, 1.807) is 0 Å². The predicted octanol–water partition coefficient (Wildman–Crippen LogP) is 1.33. The third-order valence-corrected chi connectivity index (χ3v) is 3.75. The molecule has 1 aromatic carbocycles. The maximum Gasteiger partial charge on any atom is 0.317 e. The second-order valence-corrected chi connectivity index (χ2v) is 5.00. The first-order valence-electron chi connectivity index (χ1n) is 6.95. The minimum Gasteiger partial charge on any atom is -0.383 e. The van der Waals surface area contributed by atoms with Gasteiger partial charge in [-0.05, 0) is 18.6 Å². The van der Waals surface area contributed by atoms with E-state index in [2.05, 4.69) is 39.8 Å². The Labute approximate surface area is 113 Å². The van der Waals surface area contributed by atoms with Gasteiger partial charge in [-0.1, -0.05) is 12.1 Å². The number of rotatable bonds is 3. The van der Waals surface area contributed by atoms with Crippen molar-refractivity contribution in [3.05, 3.63) is 24.3 Å². The molecule has 0 aliphatic carbocycles. The SMILES string of the molecule is O=C1NCCN1CCN1CCCNc2ccccc21. The van der Waals surface area contributed by atoms with Crippen LogP contribution >= 0.6 is 0 Å². The molecule has 5 nitrogen and oxygen atoms in total. The third kappa shape index (κ3) is 2.59. The molecule has 19 heavy (non-hydrogen) atoms. The van der Waals surface area contributed by atoms with Gasteiger partial charge in [-0.3, -0.25) is 0 Å². The zero-order valence-electron chi connectivity index (χ0n) is 11.1. The number of amides is 2. The van der Waals surface area contributed by atoms with Crippen molar-refractivity contribution in [1.82, 2.24) is 10.2 Å². The molecule has 5 heteroatoms. The fourth-order valence-electron chi connectivity index (χ4n) is 2.71. The fraction of sp³-hybridized carbons (Fsp3) is 0.500. The first-order chi connectivity index (χ1) is 9.34. The standard InChI is InChI=1S/C14H20N4O/c19-14-16-7-9-18(14)11-10-17-8-3-6-15-12-4-1-2-5-13(12)17/h1-2,4-5,15H,3,6-11H2,(H,16,19). The van der Waals surface area contributed by atoms with Gasteiger partial charge in [0, 0.05) is 39.3 Å². The topological polar surface area (TPSA) is 47.6 Å². The first-order valence-corrected chi connectivity index (χ1v) is 6.95. The van der Waals surface area contributed by atoms with Crippen LogP contribution in [0.5, 0.6) is 0 Å². The summed E-state index contributed by atoms with van der Waals surface area (Å²) in [5.41, 5.74) is 2.45. The number of anilines is 2. The molecular weight excluding hydrogens is 240 g/mol. The molecule has 0 radical (unpaired) electrons. The number of urea groups is 1. The quantitative estimate of drug-likeness (QED) is 0.862. The van der Waals surface area contributed by atoms with Gasteiger partial charge in [-0.25, -0.2) is 4.79 Å². The summed E-state index contributed by atoms with van der Waals surface area (Å²) >= 11 is 0. The number of fused-ring (bicyclic) bond motifs is 1. The van der Waals surface area contributed by atoms with E-state index in [9.17, 15) is 4.79 Å². The van der Waals surface area contributed by atoms with E-state index in [-0.39, 0.29) is 6.03 Å². The van der Waals surface area contributed by atoms with Gasteiger partial charge in [-0.15, -0.1) is 0 Å². The van der Waals surface area contributed by atoms with Gasteiger partial charge in [0.15, 0.2) is 0 Å². The second-order valence-electron chi connectivity index (χ2n) is 5.00. The minimum atomic E-state index is 0.0706. The maximum absolute atomic E-state index is 11.5. The van der Waals surface area contributed by atoms with Crippen molar-refractivity contribution in [2.24, 2.45) is 0 Å². The first kappa shape index (κ1) is 12.1. The second kappa shape index (κ2) is 5.38. The lowest BCUT2D eigenvalue weighted by Gasteiger charge is -2.26. The Morgan fingerprint density at radius 2 is 1.84 bits per heavy atom. The van der Waals surface area contributed by atoms with E-state index in [0.29, 0.717) is 0 Å². The van der Waals surface area contributed by atoms with E-state index in [4.69, 9.17) is 0 Å². The van der Waals surface area contributed by atoms with Crippen LogP contribution in [0.2, 0.25) is 0 Å². The number of nitrogens with zero attached hydrogens (tertiary/aromatic N) is 2. The molecule has 102 valence electrons. The highest BCUT2D eigenvalue weighted by atomic mass is 16.2. The Hall–Kier alpha value is -1.91. The maximum atomic E-state index is 11.5. The molecule has 2 aliphatic heterocycles. The van der Waals surface area contributed by atoms with Crippen LogP contribution in [-0.4, -0.2) is 50.2 Å². The highest BCUT2D eigenvalue weighted by Crippen LogP contribution is 2.27. The summed E-state index contributed by atoms with van der Waals surface area (Å²) in [6.45, 7) is 5.34. The van der Waals surface area contributed by atoms with Crippen molar-refractivity contribution in [2.45, 2.75) is 6.42 Å². The monoisotopic (exact) mass is 260 g/mol. The molecule has 1 fully saturated rings. The summed E-state index contributed by atoms with van der Waals surface area (Å²) < 4.78 is 0. The summed E-state index contributed by atoms with van der Waals surface area (Å²) in [5.74, 6) is 0. The lowest BCUT2D eigenvalue weighted by Crippen LogP contribution is -2.37.